The van der Waals surface area contributed by atoms with Gasteiger partial charge >= 0.3 is 6.18 Å². The van der Waals surface area contributed by atoms with Crippen molar-refractivity contribution < 1.29 is 22.4 Å². The molecule has 3 atom stereocenters. The predicted molar refractivity (Wildman–Crippen MR) is 120 cm³/mol. The lowest BCUT2D eigenvalue weighted by atomic mass is 9.96. The number of amides is 1. The maximum Gasteiger partial charge on any atom is 0.416 e. The van der Waals surface area contributed by atoms with E-state index in [1.54, 1.807) is 11.0 Å². The Labute approximate surface area is 194 Å². The smallest absolute Gasteiger partial charge is 0.341 e. The summed E-state index contributed by atoms with van der Waals surface area (Å²) in [6.45, 7) is 5.51. The minimum absolute atomic E-state index is 0.00120. The maximum absolute atomic E-state index is 13.9. The largest absolute Gasteiger partial charge is 0.416 e. The Morgan fingerprint density at radius 1 is 1.30 bits per heavy atom. The van der Waals surface area contributed by atoms with Crippen LogP contribution in [0.1, 0.15) is 36.9 Å². The third kappa shape index (κ3) is 4.58. The molecular formula is C24H24ClF4N3O. The number of rotatable bonds is 6. The van der Waals surface area contributed by atoms with Crippen molar-refractivity contribution in [2.75, 3.05) is 16.3 Å². The first-order valence-corrected chi connectivity index (χ1v) is 11.2. The van der Waals surface area contributed by atoms with Gasteiger partial charge in [0.05, 0.1) is 10.6 Å². The number of carbonyl (C=O) groups is 1. The zero-order chi connectivity index (χ0) is 23.9. The number of aromatic nitrogens is 1. The summed E-state index contributed by atoms with van der Waals surface area (Å²) in [6, 6.07) is 5.38. The van der Waals surface area contributed by atoms with Crippen LogP contribution in [0, 0.1) is 18.7 Å². The van der Waals surface area contributed by atoms with E-state index in [0.29, 0.717) is 25.1 Å². The van der Waals surface area contributed by atoms with E-state index in [0.717, 1.165) is 25.0 Å². The van der Waals surface area contributed by atoms with Crippen molar-refractivity contribution in [3.05, 3.63) is 65.1 Å². The van der Waals surface area contributed by atoms with E-state index in [1.165, 1.54) is 30.0 Å². The first kappa shape index (κ1) is 23.5. The van der Waals surface area contributed by atoms with Crippen molar-refractivity contribution in [2.24, 2.45) is 5.92 Å². The Kier molecular flexibility index (Phi) is 6.40. The summed E-state index contributed by atoms with van der Waals surface area (Å²) < 4.78 is 54.1. The second-order valence-electron chi connectivity index (χ2n) is 8.60. The van der Waals surface area contributed by atoms with Crippen LogP contribution in [-0.2, 0) is 11.0 Å². The average molecular weight is 482 g/mol. The van der Waals surface area contributed by atoms with Crippen molar-refractivity contribution in [3.63, 3.8) is 0 Å². The zero-order valence-electron chi connectivity index (χ0n) is 18.1. The number of fused-ring (bicyclic) bond motifs is 2. The van der Waals surface area contributed by atoms with Crippen LogP contribution in [0.4, 0.5) is 29.1 Å². The van der Waals surface area contributed by atoms with E-state index in [2.05, 4.69) is 11.6 Å². The van der Waals surface area contributed by atoms with Gasteiger partial charge in [-0.1, -0.05) is 17.7 Å². The number of anilines is 2. The number of hydrogen-bond donors (Lipinski definition) is 0. The minimum atomic E-state index is -4.51. The molecule has 4 rings (SSSR count). The van der Waals surface area contributed by atoms with Gasteiger partial charge in [-0.3, -0.25) is 4.79 Å². The van der Waals surface area contributed by atoms with Crippen LogP contribution in [0.5, 0.6) is 0 Å². The van der Waals surface area contributed by atoms with E-state index in [-0.39, 0.29) is 34.4 Å². The summed E-state index contributed by atoms with van der Waals surface area (Å²) in [6.07, 6.45) is -0.0337. The molecule has 4 nitrogen and oxygen atoms in total. The van der Waals surface area contributed by atoms with Gasteiger partial charge in [-0.25, -0.2) is 9.37 Å². The van der Waals surface area contributed by atoms with Gasteiger partial charge in [-0.15, -0.1) is 6.58 Å². The standard InChI is InChI=1S/C24H24ClF4N3O/c1-3-4-9-31(17-7-8-20(26)19(25)13-17)23(33)22-15-5-6-18(11-15)32(22)21-12-16(24(27,28)29)10-14(2)30-21/h3,7-8,10,12-13,15,18,22H,1,4-6,9,11H2,2H3/t15-,18+,22-/m0/s1. The third-order valence-corrected chi connectivity index (χ3v) is 6.70. The van der Waals surface area contributed by atoms with E-state index >= 15 is 0 Å². The number of carbonyl (C=O) groups excluding carboxylic acids is 1. The molecule has 2 bridgehead atoms. The molecular weight excluding hydrogens is 458 g/mol. The quantitative estimate of drug-likeness (QED) is 0.366. The summed E-state index contributed by atoms with van der Waals surface area (Å²) in [7, 11) is 0. The van der Waals surface area contributed by atoms with Gasteiger partial charge in [-0.05, 0) is 68.9 Å². The number of hydrogen-bond acceptors (Lipinski definition) is 3. The molecule has 2 aliphatic rings. The zero-order valence-corrected chi connectivity index (χ0v) is 18.8. The van der Waals surface area contributed by atoms with E-state index in [1.807, 2.05) is 0 Å². The summed E-state index contributed by atoms with van der Waals surface area (Å²) in [4.78, 5) is 21.5. The Bertz CT molecular complexity index is 1070. The maximum atomic E-state index is 13.9. The first-order valence-electron chi connectivity index (χ1n) is 10.8. The number of piperidine rings is 1. The van der Waals surface area contributed by atoms with Crippen LogP contribution in [0.15, 0.2) is 43.0 Å². The van der Waals surface area contributed by atoms with Gasteiger partial charge in [0.2, 0.25) is 5.91 Å². The minimum Gasteiger partial charge on any atom is -0.341 e. The fourth-order valence-electron chi connectivity index (χ4n) is 4.98. The van der Waals surface area contributed by atoms with Gasteiger partial charge in [-0.2, -0.15) is 13.2 Å². The number of nitrogens with zero attached hydrogens (tertiary/aromatic N) is 3. The molecule has 9 heteroatoms. The third-order valence-electron chi connectivity index (χ3n) is 6.41. The molecule has 0 radical (unpaired) electrons. The molecule has 2 aromatic rings. The fourth-order valence-corrected chi connectivity index (χ4v) is 5.16. The molecule has 1 aromatic heterocycles. The van der Waals surface area contributed by atoms with Crippen molar-refractivity contribution >= 4 is 29.0 Å². The van der Waals surface area contributed by atoms with Crippen LogP contribution >= 0.6 is 11.6 Å². The molecule has 1 saturated carbocycles. The number of halogens is 5. The van der Waals surface area contributed by atoms with Gasteiger partial charge in [0.1, 0.15) is 17.7 Å². The molecule has 2 fully saturated rings. The Balaban J connectivity index is 1.73. The van der Waals surface area contributed by atoms with Crippen LogP contribution in [0.25, 0.3) is 0 Å². The van der Waals surface area contributed by atoms with Gasteiger partial charge in [0.15, 0.2) is 0 Å². The number of pyridine rings is 1. The Hall–Kier alpha value is -2.61. The Morgan fingerprint density at radius 2 is 2.06 bits per heavy atom. The molecule has 0 N–H and O–H groups in total. The van der Waals surface area contributed by atoms with Crippen molar-refractivity contribution in [1.29, 1.82) is 0 Å². The molecule has 33 heavy (non-hydrogen) atoms. The predicted octanol–water partition coefficient (Wildman–Crippen LogP) is 6.17. The Morgan fingerprint density at radius 3 is 2.73 bits per heavy atom. The molecule has 1 aliphatic heterocycles. The van der Waals surface area contributed by atoms with Crippen LogP contribution in [0.3, 0.4) is 0 Å². The molecule has 2 heterocycles. The van der Waals surface area contributed by atoms with Crippen LogP contribution in [0.2, 0.25) is 5.02 Å². The highest BCUT2D eigenvalue weighted by Crippen LogP contribution is 2.46. The lowest BCUT2D eigenvalue weighted by Crippen LogP contribution is -2.52. The van der Waals surface area contributed by atoms with Gasteiger partial charge in [0, 0.05) is 24.0 Å². The van der Waals surface area contributed by atoms with Crippen LogP contribution < -0.4 is 9.80 Å². The normalized spacial score (nSPS) is 22.0. The average Bonchev–Trinajstić information content (AvgIpc) is 3.37. The van der Waals surface area contributed by atoms with Crippen molar-refractivity contribution in [2.45, 2.75) is 50.9 Å². The fraction of sp³-hybridized carbons (Fsp3) is 0.417. The molecule has 176 valence electrons. The van der Waals surface area contributed by atoms with E-state index in [4.69, 9.17) is 11.6 Å². The highest BCUT2D eigenvalue weighted by Gasteiger charge is 2.51. The summed E-state index contributed by atoms with van der Waals surface area (Å²) >= 11 is 5.96. The second-order valence-corrected chi connectivity index (χ2v) is 9.01. The topological polar surface area (TPSA) is 36.4 Å². The summed E-state index contributed by atoms with van der Waals surface area (Å²) in [5, 5.41) is -0.108. The summed E-state index contributed by atoms with van der Waals surface area (Å²) in [5.41, 5.74) is -0.111. The van der Waals surface area contributed by atoms with Gasteiger partial charge < -0.3 is 9.80 Å². The molecule has 0 unspecified atom stereocenters. The lowest BCUT2D eigenvalue weighted by Gasteiger charge is -2.38. The van der Waals surface area contributed by atoms with Gasteiger partial charge in [0.25, 0.3) is 0 Å². The van der Waals surface area contributed by atoms with E-state index in [9.17, 15) is 22.4 Å². The number of aryl methyl sites for hydroxylation is 1. The number of alkyl halides is 3. The highest BCUT2D eigenvalue weighted by atomic mass is 35.5. The second kappa shape index (κ2) is 8.97. The SMILES string of the molecule is C=CCCN(C(=O)[C@@H]1[C@H]2CC[C@H](C2)N1c1cc(C(F)(F)F)cc(C)n1)c1ccc(F)c(Cl)c1. The summed E-state index contributed by atoms with van der Waals surface area (Å²) in [5.74, 6) is -0.694. The number of benzene rings is 1. The lowest BCUT2D eigenvalue weighted by molar-refractivity contribution is -0.137. The molecule has 0 spiro atoms. The van der Waals surface area contributed by atoms with E-state index < -0.39 is 23.6 Å². The van der Waals surface area contributed by atoms with Crippen LogP contribution in [-0.4, -0.2) is 29.5 Å². The first-order chi connectivity index (χ1) is 15.6. The molecule has 1 aromatic carbocycles. The monoisotopic (exact) mass is 481 g/mol. The molecule has 1 aliphatic carbocycles. The highest BCUT2D eigenvalue weighted by molar-refractivity contribution is 6.31. The molecule has 1 amide bonds. The van der Waals surface area contributed by atoms with Crippen molar-refractivity contribution in [3.8, 4) is 0 Å². The molecule has 1 saturated heterocycles. The van der Waals surface area contributed by atoms with Crippen molar-refractivity contribution in [1.82, 2.24) is 4.98 Å².